The summed E-state index contributed by atoms with van der Waals surface area (Å²) in [6.07, 6.45) is 1.90. The summed E-state index contributed by atoms with van der Waals surface area (Å²) in [6.45, 7) is 1.69. The Labute approximate surface area is 192 Å². The zero-order valence-electron chi connectivity index (χ0n) is 17.7. The lowest BCUT2D eigenvalue weighted by atomic mass is 10.1. The first-order chi connectivity index (χ1) is 16.0. The Morgan fingerprint density at radius 3 is 2.52 bits per heavy atom. The van der Waals surface area contributed by atoms with E-state index >= 15 is 0 Å². The molecule has 168 valence electrons. The predicted octanol–water partition coefficient (Wildman–Crippen LogP) is 4.57. The smallest absolute Gasteiger partial charge is 0.358 e. The fourth-order valence-electron chi connectivity index (χ4n) is 3.15. The SMILES string of the molecule is CSc1ncc(C(=O)OC(C(=O)Nc2cc(C)on2)c2ccccc2)n1-c1ccc(F)cc1. The van der Waals surface area contributed by atoms with Crippen LogP contribution in [0.3, 0.4) is 0 Å². The molecule has 0 aliphatic carbocycles. The fraction of sp³-hybridized carbons (Fsp3) is 0.130. The summed E-state index contributed by atoms with van der Waals surface area (Å²) < 4.78 is 25.6. The molecule has 33 heavy (non-hydrogen) atoms. The van der Waals surface area contributed by atoms with E-state index < -0.39 is 23.8 Å². The molecule has 4 aromatic rings. The van der Waals surface area contributed by atoms with Crippen LogP contribution in [0.1, 0.15) is 27.9 Å². The van der Waals surface area contributed by atoms with Crippen LogP contribution >= 0.6 is 11.8 Å². The van der Waals surface area contributed by atoms with Crippen LogP contribution in [-0.4, -0.2) is 32.8 Å². The molecule has 1 N–H and O–H groups in total. The summed E-state index contributed by atoms with van der Waals surface area (Å²) in [7, 11) is 0. The number of ether oxygens (including phenoxy) is 1. The number of hydrogen-bond donors (Lipinski definition) is 1. The molecule has 2 aromatic carbocycles. The molecule has 8 nitrogen and oxygen atoms in total. The van der Waals surface area contributed by atoms with Crippen LogP contribution in [0.2, 0.25) is 0 Å². The second-order valence-corrected chi connectivity index (χ2v) is 7.72. The predicted molar refractivity (Wildman–Crippen MR) is 120 cm³/mol. The highest BCUT2D eigenvalue weighted by Gasteiger charge is 2.29. The van der Waals surface area contributed by atoms with Crippen molar-refractivity contribution in [3.05, 3.63) is 89.7 Å². The number of aromatic nitrogens is 3. The second kappa shape index (κ2) is 9.70. The molecule has 0 aliphatic heterocycles. The van der Waals surface area contributed by atoms with E-state index in [1.807, 2.05) is 0 Å². The number of nitrogens with one attached hydrogen (secondary N) is 1. The van der Waals surface area contributed by atoms with Gasteiger partial charge in [-0.25, -0.2) is 14.2 Å². The largest absolute Gasteiger partial charge is 0.443 e. The molecule has 0 saturated carbocycles. The number of carbonyl (C=O) groups excluding carboxylic acids is 2. The number of hydrogen-bond acceptors (Lipinski definition) is 7. The quantitative estimate of drug-likeness (QED) is 0.315. The monoisotopic (exact) mass is 466 g/mol. The van der Waals surface area contributed by atoms with Crippen molar-refractivity contribution >= 4 is 29.5 Å². The molecule has 0 saturated heterocycles. The number of esters is 1. The summed E-state index contributed by atoms with van der Waals surface area (Å²) >= 11 is 1.31. The van der Waals surface area contributed by atoms with Gasteiger partial charge in [-0.1, -0.05) is 47.3 Å². The molecule has 4 rings (SSSR count). The zero-order chi connectivity index (χ0) is 23.4. The normalized spacial score (nSPS) is 11.7. The van der Waals surface area contributed by atoms with Crippen molar-refractivity contribution in [3.8, 4) is 5.69 Å². The number of benzene rings is 2. The van der Waals surface area contributed by atoms with Crippen LogP contribution in [0.5, 0.6) is 0 Å². The summed E-state index contributed by atoms with van der Waals surface area (Å²) in [5.74, 6) is -1.05. The van der Waals surface area contributed by atoms with Gasteiger partial charge in [-0.05, 0) is 37.4 Å². The Morgan fingerprint density at radius 1 is 1.15 bits per heavy atom. The standard InChI is InChI=1S/C23H19FN4O4S/c1-14-12-19(27-32-14)26-21(29)20(15-6-4-3-5-7-15)31-22(30)18-13-25-23(33-2)28(18)17-10-8-16(24)9-11-17/h3-13,20H,1-2H3,(H,26,27,29). The average Bonchev–Trinajstić information content (AvgIpc) is 3.44. The summed E-state index contributed by atoms with van der Waals surface area (Å²) in [5.41, 5.74) is 1.10. The highest BCUT2D eigenvalue weighted by molar-refractivity contribution is 7.98. The van der Waals surface area contributed by atoms with Crippen LogP contribution in [0, 0.1) is 12.7 Å². The van der Waals surface area contributed by atoms with Crippen LogP contribution in [0.4, 0.5) is 10.2 Å². The molecule has 1 amide bonds. The number of amides is 1. The van der Waals surface area contributed by atoms with Gasteiger partial charge in [-0.2, -0.15) is 0 Å². The minimum absolute atomic E-state index is 0.0944. The van der Waals surface area contributed by atoms with Crippen molar-refractivity contribution in [2.45, 2.75) is 18.2 Å². The lowest BCUT2D eigenvalue weighted by molar-refractivity contribution is -0.125. The third-order valence-corrected chi connectivity index (χ3v) is 5.30. The molecule has 1 atom stereocenters. The van der Waals surface area contributed by atoms with Gasteiger partial charge in [-0.15, -0.1) is 0 Å². The minimum atomic E-state index is -1.26. The van der Waals surface area contributed by atoms with Gasteiger partial charge in [0.2, 0.25) is 6.10 Å². The molecular weight excluding hydrogens is 447 g/mol. The number of rotatable bonds is 7. The van der Waals surface area contributed by atoms with E-state index in [0.717, 1.165) is 0 Å². The van der Waals surface area contributed by atoms with Gasteiger partial charge < -0.3 is 14.6 Å². The third-order valence-electron chi connectivity index (χ3n) is 4.65. The van der Waals surface area contributed by atoms with Crippen molar-refractivity contribution in [2.24, 2.45) is 0 Å². The summed E-state index contributed by atoms with van der Waals surface area (Å²) in [5, 5.41) is 6.85. The van der Waals surface area contributed by atoms with E-state index in [9.17, 15) is 14.0 Å². The molecule has 0 aliphatic rings. The molecular formula is C23H19FN4O4S. The first kappa shape index (κ1) is 22.3. The highest BCUT2D eigenvalue weighted by Crippen LogP contribution is 2.26. The van der Waals surface area contributed by atoms with E-state index in [0.29, 0.717) is 22.2 Å². The Kier molecular flexibility index (Phi) is 6.55. The van der Waals surface area contributed by atoms with Gasteiger partial charge in [0.1, 0.15) is 11.6 Å². The Bertz CT molecular complexity index is 1270. The maximum absolute atomic E-state index is 13.4. The zero-order valence-corrected chi connectivity index (χ0v) is 18.5. The lowest BCUT2D eigenvalue weighted by Crippen LogP contribution is -2.26. The molecule has 2 aromatic heterocycles. The average molecular weight is 466 g/mol. The fourth-order valence-corrected chi connectivity index (χ4v) is 3.69. The topological polar surface area (TPSA) is 99.2 Å². The van der Waals surface area contributed by atoms with Gasteiger partial charge in [-0.3, -0.25) is 9.36 Å². The van der Waals surface area contributed by atoms with Crippen molar-refractivity contribution < 1.29 is 23.2 Å². The van der Waals surface area contributed by atoms with Crippen LogP contribution < -0.4 is 5.32 Å². The summed E-state index contributed by atoms with van der Waals surface area (Å²) in [4.78, 5) is 30.5. The molecule has 10 heteroatoms. The Balaban J connectivity index is 1.65. The number of thioether (sulfide) groups is 1. The number of halogens is 1. The number of carbonyl (C=O) groups is 2. The number of aryl methyl sites for hydroxylation is 1. The number of imidazole rings is 1. The molecule has 2 heterocycles. The highest BCUT2D eigenvalue weighted by atomic mass is 32.2. The summed E-state index contributed by atoms with van der Waals surface area (Å²) in [6, 6.07) is 15.8. The van der Waals surface area contributed by atoms with Gasteiger partial charge in [0.05, 0.1) is 6.20 Å². The van der Waals surface area contributed by atoms with Crippen molar-refractivity contribution in [1.29, 1.82) is 0 Å². The van der Waals surface area contributed by atoms with E-state index in [2.05, 4.69) is 15.5 Å². The van der Waals surface area contributed by atoms with Gasteiger partial charge >= 0.3 is 5.97 Å². The third kappa shape index (κ3) is 4.96. The van der Waals surface area contributed by atoms with Gasteiger partial charge in [0.15, 0.2) is 16.7 Å². The van der Waals surface area contributed by atoms with E-state index in [4.69, 9.17) is 9.26 Å². The van der Waals surface area contributed by atoms with E-state index in [-0.39, 0.29) is 11.5 Å². The molecule has 0 radical (unpaired) electrons. The number of nitrogens with zero attached hydrogens (tertiary/aromatic N) is 3. The van der Waals surface area contributed by atoms with Crippen LogP contribution in [0.25, 0.3) is 5.69 Å². The lowest BCUT2D eigenvalue weighted by Gasteiger charge is -2.18. The van der Waals surface area contributed by atoms with E-state index in [1.54, 1.807) is 54.1 Å². The van der Waals surface area contributed by atoms with E-state index in [1.165, 1.54) is 42.2 Å². The maximum atomic E-state index is 13.4. The maximum Gasteiger partial charge on any atom is 0.358 e. The molecule has 0 spiro atoms. The first-order valence-electron chi connectivity index (χ1n) is 9.84. The molecule has 0 fully saturated rings. The van der Waals surface area contributed by atoms with Crippen LogP contribution in [-0.2, 0) is 9.53 Å². The molecule has 0 bridgehead atoms. The second-order valence-electron chi connectivity index (χ2n) is 6.95. The molecule has 1 unspecified atom stereocenters. The van der Waals surface area contributed by atoms with Crippen molar-refractivity contribution in [1.82, 2.24) is 14.7 Å². The van der Waals surface area contributed by atoms with Crippen molar-refractivity contribution in [3.63, 3.8) is 0 Å². The number of anilines is 1. The first-order valence-corrected chi connectivity index (χ1v) is 11.1. The van der Waals surface area contributed by atoms with Gasteiger partial charge in [0, 0.05) is 17.3 Å². The Hall–Kier alpha value is -3.92. The van der Waals surface area contributed by atoms with Crippen LogP contribution in [0.15, 0.2) is 76.5 Å². The minimum Gasteiger partial charge on any atom is -0.443 e. The Morgan fingerprint density at radius 2 is 1.88 bits per heavy atom. The van der Waals surface area contributed by atoms with Gasteiger partial charge in [0.25, 0.3) is 5.91 Å². The van der Waals surface area contributed by atoms with Crippen molar-refractivity contribution in [2.75, 3.05) is 11.6 Å².